The van der Waals surface area contributed by atoms with Gasteiger partial charge in [0.15, 0.2) is 0 Å². The molecule has 2 aliphatic rings. The predicted octanol–water partition coefficient (Wildman–Crippen LogP) is 1.89. The number of nitrogens with zero attached hydrogens (tertiary/aromatic N) is 4. The minimum atomic E-state index is -0.421. The summed E-state index contributed by atoms with van der Waals surface area (Å²) in [7, 11) is 0. The number of carbonyl (C=O) groups is 2. The van der Waals surface area contributed by atoms with E-state index in [2.05, 4.69) is 10.3 Å². The quantitative estimate of drug-likeness (QED) is 0.793. The summed E-state index contributed by atoms with van der Waals surface area (Å²) in [5.74, 6) is 0.476. The zero-order chi connectivity index (χ0) is 19.7. The highest BCUT2D eigenvalue weighted by atomic mass is 16.5. The molecule has 0 aromatic carbocycles. The fourth-order valence-corrected chi connectivity index (χ4v) is 3.76. The maximum atomic E-state index is 12.8. The summed E-state index contributed by atoms with van der Waals surface area (Å²) in [6.07, 6.45) is 6.45. The molecule has 4 heterocycles. The fraction of sp³-hybridized carbons (Fsp3) is 0.500. The maximum absolute atomic E-state index is 12.8. The van der Waals surface area contributed by atoms with E-state index < -0.39 is 6.04 Å². The predicted molar refractivity (Wildman–Crippen MR) is 104 cm³/mol. The standard InChI is InChI=1S/C20H25N5O3/c1-13-10-21-20(22-16-3-7-28-8-4-16)23-18(13)15-9-17-19(27)25(14(2)12-26)6-5-24(17)11-15/h9-12,14,16H,3-8H2,1-2H3,(H,21,22,23). The number of nitrogens with one attached hydrogen (secondary N) is 1. The molecule has 1 saturated heterocycles. The van der Waals surface area contributed by atoms with Gasteiger partial charge in [0.2, 0.25) is 5.95 Å². The topological polar surface area (TPSA) is 89.3 Å². The smallest absolute Gasteiger partial charge is 0.271 e. The fourth-order valence-electron chi connectivity index (χ4n) is 3.76. The molecule has 1 fully saturated rings. The Kier molecular flexibility index (Phi) is 5.13. The SMILES string of the molecule is Cc1cnc(NC2CCOCC2)nc1-c1cc2n(c1)CCN(C(C)C=O)C2=O. The summed E-state index contributed by atoms with van der Waals surface area (Å²) >= 11 is 0. The highest BCUT2D eigenvalue weighted by molar-refractivity contribution is 5.96. The minimum absolute atomic E-state index is 0.121. The van der Waals surface area contributed by atoms with Crippen LogP contribution < -0.4 is 5.32 Å². The number of ether oxygens (including phenoxy) is 1. The number of aldehydes is 1. The van der Waals surface area contributed by atoms with Crippen LogP contribution in [0.3, 0.4) is 0 Å². The molecule has 1 unspecified atom stereocenters. The van der Waals surface area contributed by atoms with E-state index in [1.165, 1.54) is 0 Å². The summed E-state index contributed by atoms with van der Waals surface area (Å²) < 4.78 is 7.34. The van der Waals surface area contributed by atoms with Crippen LogP contribution in [0.2, 0.25) is 0 Å². The van der Waals surface area contributed by atoms with Gasteiger partial charge in [-0.2, -0.15) is 0 Å². The van der Waals surface area contributed by atoms with Crippen LogP contribution in [0.4, 0.5) is 5.95 Å². The first-order valence-electron chi connectivity index (χ1n) is 9.71. The zero-order valence-electron chi connectivity index (χ0n) is 16.2. The van der Waals surface area contributed by atoms with E-state index in [9.17, 15) is 9.59 Å². The van der Waals surface area contributed by atoms with Crippen molar-refractivity contribution >= 4 is 18.1 Å². The molecule has 2 aliphatic heterocycles. The molecule has 4 rings (SSSR count). The Balaban J connectivity index is 1.60. The summed E-state index contributed by atoms with van der Waals surface area (Å²) in [6, 6.07) is 1.75. The van der Waals surface area contributed by atoms with Gasteiger partial charge in [0.1, 0.15) is 12.0 Å². The van der Waals surface area contributed by atoms with Crippen molar-refractivity contribution in [2.45, 2.75) is 45.3 Å². The first-order chi connectivity index (χ1) is 13.6. The molecule has 2 aromatic rings. The third kappa shape index (κ3) is 3.52. The molecule has 1 atom stereocenters. The van der Waals surface area contributed by atoms with Crippen molar-refractivity contribution in [3.8, 4) is 11.3 Å². The van der Waals surface area contributed by atoms with Gasteiger partial charge in [0.25, 0.3) is 5.91 Å². The zero-order valence-corrected chi connectivity index (χ0v) is 16.2. The number of aryl methyl sites for hydroxylation is 1. The molecule has 0 radical (unpaired) electrons. The number of aromatic nitrogens is 3. The number of carbonyl (C=O) groups excluding carboxylic acids is 2. The second-order valence-corrected chi connectivity index (χ2v) is 7.44. The van der Waals surface area contributed by atoms with Gasteiger partial charge in [-0.3, -0.25) is 4.79 Å². The summed E-state index contributed by atoms with van der Waals surface area (Å²) in [4.78, 5) is 34.6. The Bertz CT molecular complexity index is 888. The number of fused-ring (bicyclic) bond motifs is 1. The van der Waals surface area contributed by atoms with Crippen LogP contribution in [0.25, 0.3) is 11.3 Å². The molecule has 0 spiro atoms. The molecule has 148 valence electrons. The summed E-state index contributed by atoms with van der Waals surface area (Å²) in [5.41, 5.74) is 3.24. The molecule has 0 bridgehead atoms. The van der Waals surface area contributed by atoms with E-state index in [4.69, 9.17) is 9.72 Å². The van der Waals surface area contributed by atoms with Gasteiger partial charge in [-0.25, -0.2) is 9.97 Å². The average molecular weight is 383 g/mol. The molecule has 2 aromatic heterocycles. The molecule has 28 heavy (non-hydrogen) atoms. The van der Waals surface area contributed by atoms with Crippen LogP contribution in [-0.2, 0) is 16.1 Å². The first-order valence-corrected chi connectivity index (χ1v) is 9.71. The van der Waals surface area contributed by atoms with Crippen molar-refractivity contribution in [2.24, 2.45) is 0 Å². The van der Waals surface area contributed by atoms with Gasteiger partial charge in [-0.1, -0.05) is 0 Å². The van der Waals surface area contributed by atoms with E-state index in [-0.39, 0.29) is 5.91 Å². The summed E-state index contributed by atoms with van der Waals surface area (Å²) in [6.45, 7) is 6.40. The molecule has 0 saturated carbocycles. The van der Waals surface area contributed by atoms with Gasteiger partial charge in [-0.05, 0) is 38.3 Å². The van der Waals surface area contributed by atoms with Crippen LogP contribution >= 0.6 is 0 Å². The third-order valence-corrected chi connectivity index (χ3v) is 5.45. The Hall–Kier alpha value is -2.74. The van der Waals surface area contributed by atoms with Crippen LogP contribution in [0.5, 0.6) is 0 Å². The Morgan fingerprint density at radius 3 is 2.86 bits per heavy atom. The summed E-state index contributed by atoms with van der Waals surface area (Å²) in [5, 5.41) is 3.40. The lowest BCUT2D eigenvalue weighted by Crippen LogP contribution is -2.45. The molecule has 0 aliphatic carbocycles. The molecule has 8 nitrogen and oxygen atoms in total. The van der Waals surface area contributed by atoms with Gasteiger partial charge in [0.05, 0.1) is 11.7 Å². The van der Waals surface area contributed by atoms with E-state index in [1.54, 1.807) is 11.8 Å². The molecular formula is C20H25N5O3. The van der Waals surface area contributed by atoms with Crippen molar-refractivity contribution in [3.05, 3.63) is 29.7 Å². The normalized spacial score (nSPS) is 18.6. The van der Waals surface area contributed by atoms with Crippen LogP contribution in [0, 0.1) is 6.92 Å². The van der Waals surface area contributed by atoms with Crippen molar-refractivity contribution in [3.63, 3.8) is 0 Å². The van der Waals surface area contributed by atoms with Crippen molar-refractivity contribution < 1.29 is 14.3 Å². The lowest BCUT2D eigenvalue weighted by molar-refractivity contribution is -0.111. The monoisotopic (exact) mass is 383 g/mol. The van der Waals surface area contributed by atoms with Crippen LogP contribution in [-0.4, -0.2) is 63.5 Å². The van der Waals surface area contributed by atoms with E-state index in [0.29, 0.717) is 30.8 Å². The number of rotatable bonds is 5. The van der Waals surface area contributed by atoms with Gasteiger partial charge < -0.3 is 24.3 Å². The lowest BCUT2D eigenvalue weighted by atomic mass is 10.1. The van der Waals surface area contributed by atoms with E-state index in [1.807, 2.05) is 30.0 Å². The Morgan fingerprint density at radius 2 is 2.11 bits per heavy atom. The van der Waals surface area contributed by atoms with Crippen LogP contribution in [0.15, 0.2) is 18.5 Å². The van der Waals surface area contributed by atoms with Gasteiger partial charge >= 0.3 is 0 Å². The second kappa shape index (κ2) is 7.71. The second-order valence-electron chi connectivity index (χ2n) is 7.44. The lowest BCUT2D eigenvalue weighted by Gasteiger charge is -2.30. The Morgan fingerprint density at radius 1 is 1.32 bits per heavy atom. The van der Waals surface area contributed by atoms with Crippen molar-refractivity contribution in [1.29, 1.82) is 0 Å². The molecule has 1 N–H and O–H groups in total. The van der Waals surface area contributed by atoms with Gasteiger partial charge in [-0.15, -0.1) is 0 Å². The number of amides is 1. The molecule has 1 amide bonds. The third-order valence-electron chi connectivity index (χ3n) is 5.45. The van der Waals surface area contributed by atoms with Crippen molar-refractivity contribution in [2.75, 3.05) is 25.1 Å². The van der Waals surface area contributed by atoms with Crippen molar-refractivity contribution in [1.82, 2.24) is 19.4 Å². The average Bonchev–Trinajstić information content (AvgIpc) is 3.15. The maximum Gasteiger partial charge on any atom is 0.271 e. The van der Waals surface area contributed by atoms with Gasteiger partial charge in [0, 0.05) is 50.3 Å². The number of hydrogen-bond acceptors (Lipinski definition) is 6. The Labute approximate surface area is 163 Å². The van der Waals surface area contributed by atoms with E-state index >= 15 is 0 Å². The molecule has 8 heteroatoms. The number of hydrogen-bond donors (Lipinski definition) is 1. The van der Waals surface area contributed by atoms with Crippen LogP contribution in [0.1, 0.15) is 35.8 Å². The number of anilines is 1. The highest BCUT2D eigenvalue weighted by Crippen LogP contribution is 2.27. The minimum Gasteiger partial charge on any atom is -0.381 e. The highest BCUT2D eigenvalue weighted by Gasteiger charge is 2.29. The molecular weight excluding hydrogens is 358 g/mol. The first kappa shape index (κ1) is 18.6. The largest absolute Gasteiger partial charge is 0.381 e. The van der Waals surface area contributed by atoms with E-state index in [0.717, 1.165) is 49.2 Å².